The SMILES string of the molecule is CNC(=O)c1ccc(CN(c2nc3ccccc3s2)C2CC2)cc1. The summed E-state index contributed by atoms with van der Waals surface area (Å²) in [6.45, 7) is 0.832. The zero-order valence-electron chi connectivity index (χ0n) is 13.5. The Balaban J connectivity index is 1.58. The number of carbonyl (C=O) groups is 1. The molecule has 1 aromatic heterocycles. The normalized spacial score (nSPS) is 13.9. The van der Waals surface area contributed by atoms with Gasteiger partial charge in [0.05, 0.1) is 10.2 Å². The van der Waals surface area contributed by atoms with E-state index in [1.807, 2.05) is 30.3 Å². The zero-order valence-corrected chi connectivity index (χ0v) is 14.3. The Bertz CT molecular complexity index is 835. The Kier molecular flexibility index (Phi) is 3.94. The molecular formula is C19H19N3OS. The van der Waals surface area contributed by atoms with Crippen molar-refractivity contribution < 1.29 is 4.79 Å². The molecule has 0 atom stereocenters. The molecule has 1 aliphatic rings. The van der Waals surface area contributed by atoms with Crippen LogP contribution in [0.3, 0.4) is 0 Å². The van der Waals surface area contributed by atoms with Gasteiger partial charge >= 0.3 is 0 Å². The summed E-state index contributed by atoms with van der Waals surface area (Å²) in [6, 6.07) is 16.7. The molecule has 1 N–H and O–H groups in total. The van der Waals surface area contributed by atoms with Crippen LogP contribution in [0.2, 0.25) is 0 Å². The second-order valence-electron chi connectivity index (χ2n) is 6.10. The molecule has 2 aromatic carbocycles. The fourth-order valence-electron chi connectivity index (χ4n) is 2.82. The third-order valence-corrected chi connectivity index (χ3v) is 5.39. The van der Waals surface area contributed by atoms with Gasteiger partial charge in [0.2, 0.25) is 0 Å². The number of anilines is 1. The van der Waals surface area contributed by atoms with Crippen molar-refractivity contribution in [3.63, 3.8) is 0 Å². The molecule has 4 nitrogen and oxygen atoms in total. The fraction of sp³-hybridized carbons (Fsp3) is 0.263. The molecule has 1 fully saturated rings. The Labute approximate surface area is 145 Å². The van der Waals surface area contributed by atoms with E-state index in [1.54, 1.807) is 18.4 Å². The lowest BCUT2D eigenvalue weighted by atomic mass is 10.1. The molecule has 1 aliphatic carbocycles. The number of aromatic nitrogens is 1. The standard InChI is InChI=1S/C19H19N3OS/c1-20-18(23)14-8-6-13(7-9-14)12-22(15-10-11-15)19-21-16-4-2-3-5-17(16)24-19/h2-9,15H,10-12H2,1H3,(H,20,23). The highest BCUT2D eigenvalue weighted by Gasteiger charge is 2.31. The molecule has 122 valence electrons. The van der Waals surface area contributed by atoms with E-state index in [9.17, 15) is 4.79 Å². The maximum absolute atomic E-state index is 11.7. The summed E-state index contributed by atoms with van der Waals surface area (Å²) in [7, 11) is 1.65. The summed E-state index contributed by atoms with van der Waals surface area (Å²) < 4.78 is 1.23. The van der Waals surface area contributed by atoms with E-state index in [0.29, 0.717) is 11.6 Å². The fourth-order valence-corrected chi connectivity index (χ4v) is 3.86. The van der Waals surface area contributed by atoms with E-state index < -0.39 is 0 Å². The van der Waals surface area contributed by atoms with Crippen LogP contribution in [0.1, 0.15) is 28.8 Å². The van der Waals surface area contributed by atoms with Gasteiger partial charge in [-0.1, -0.05) is 35.6 Å². The van der Waals surface area contributed by atoms with Gasteiger partial charge in [-0.25, -0.2) is 4.98 Å². The average Bonchev–Trinajstić information content (AvgIpc) is 3.37. The van der Waals surface area contributed by atoms with Gasteiger partial charge in [0.15, 0.2) is 5.13 Å². The Hall–Kier alpha value is -2.40. The molecule has 1 amide bonds. The molecule has 1 saturated carbocycles. The van der Waals surface area contributed by atoms with Crippen molar-refractivity contribution in [3.05, 3.63) is 59.7 Å². The van der Waals surface area contributed by atoms with E-state index in [-0.39, 0.29) is 5.91 Å². The predicted octanol–water partition coefficient (Wildman–Crippen LogP) is 3.82. The van der Waals surface area contributed by atoms with Crippen LogP contribution in [-0.4, -0.2) is 24.0 Å². The molecule has 0 spiro atoms. The van der Waals surface area contributed by atoms with Gasteiger partial charge in [-0.2, -0.15) is 0 Å². The molecule has 0 radical (unpaired) electrons. The molecule has 0 aliphatic heterocycles. The first kappa shape index (κ1) is 15.1. The third kappa shape index (κ3) is 2.99. The molecule has 0 saturated heterocycles. The predicted molar refractivity (Wildman–Crippen MR) is 98.7 cm³/mol. The number of benzene rings is 2. The first-order valence-corrected chi connectivity index (χ1v) is 8.99. The van der Waals surface area contributed by atoms with Crippen LogP contribution in [0.15, 0.2) is 48.5 Å². The summed E-state index contributed by atoms with van der Waals surface area (Å²) in [5.74, 6) is -0.0493. The molecule has 1 heterocycles. The highest BCUT2D eigenvalue weighted by Crippen LogP contribution is 2.37. The van der Waals surface area contributed by atoms with Crippen LogP contribution in [-0.2, 0) is 6.54 Å². The smallest absolute Gasteiger partial charge is 0.251 e. The van der Waals surface area contributed by atoms with E-state index in [0.717, 1.165) is 17.2 Å². The van der Waals surface area contributed by atoms with Crippen molar-refractivity contribution in [2.45, 2.75) is 25.4 Å². The first-order valence-electron chi connectivity index (χ1n) is 8.18. The topological polar surface area (TPSA) is 45.2 Å². The van der Waals surface area contributed by atoms with Crippen molar-refractivity contribution in [2.24, 2.45) is 0 Å². The first-order chi connectivity index (χ1) is 11.7. The lowest BCUT2D eigenvalue weighted by molar-refractivity contribution is 0.0963. The summed E-state index contributed by atoms with van der Waals surface area (Å²) in [5, 5.41) is 3.74. The number of thiazole rings is 1. The van der Waals surface area contributed by atoms with Gasteiger partial charge in [-0.3, -0.25) is 4.79 Å². The van der Waals surface area contributed by atoms with Crippen molar-refractivity contribution in [1.29, 1.82) is 0 Å². The van der Waals surface area contributed by atoms with Crippen molar-refractivity contribution >= 4 is 32.6 Å². The van der Waals surface area contributed by atoms with E-state index in [2.05, 4.69) is 28.4 Å². The zero-order chi connectivity index (χ0) is 16.5. The van der Waals surface area contributed by atoms with Crippen molar-refractivity contribution in [1.82, 2.24) is 10.3 Å². The van der Waals surface area contributed by atoms with E-state index in [4.69, 9.17) is 4.98 Å². The number of amides is 1. The number of hydrogen-bond acceptors (Lipinski definition) is 4. The van der Waals surface area contributed by atoms with Crippen LogP contribution in [0, 0.1) is 0 Å². The maximum Gasteiger partial charge on any atom is 0.251 e. The van der Waals surface area contributed by atoms with Crippen LogP contribution < -0.4 is 10.2 Å². The number of hydrogen-bond donors (Lipinski definition) is 1. The quantitative estimate of drug-likeness (QED) is 0.770. The lowest BCUT2D eigenvalue weighted by Gasteiger charge is -2.21. The Morgan fingerprint density at radius 1 is 1.21 bits per heavy atom. The van der Waals surface area contributed by atoms with Gasteiger partial charge in [0.1, 0.15) is 0 Å². The molecule has 3 aromatic rings. The summed E-state index contributed by atoms with van der Waals surface area (Å²) >= 11 is 1.76. The van der Waals surface area contributed by atoms with Gasteiger partial charge in [0, 0.05) is 25.2 Å². The number of nitrogens with zero attached hydrogens (tertiary/aromatic N) is 2. The molecule has 0 unspecified atom stereocenters. The highest BCUT2D eigenvalue weighted by atomic mass is 32.1. The Morgan fingerprint density at radius 2 is 1.96 bits per heavy atom. The molecule has 4 rings (SSSR count). The largest absolute Gasteiger partial charge is 0.355 e. The van der Waals surface area contributed by atoms with Gasteiger partial charge < -0.3 is 10.2 Å². The third-order valence-electron chi connectivity index (χ3n) is 4.31. The maximum atomic E-state index is 11.7. The summed E-state index contributed by atoms with van der Waals surface area (Å²) in [4.78, 5) is 18.9. The number of para-hydroxylation sites is 1. The highest BCUT2D eigenvalue weighted by molar-refractivity contribution is 7.22. The van der Waals surface area contributed by atoms with Gasteiger partial charge in [0.25, 0.3) is 5.91 Å². The molecule has 24 heavy (non-hydrogen) atoms. The summed E-state index contributed by atoms with van der Waals surface area (Å²) in [5.41, 5.74) is 2.96. The monoisotopic (exact) mass is 337 g/mol. The number of nitrogens with one attached hydrogen (secondary N) is 1. The van der Waals surface area contributed by atoms with Crippen molar-refractivity contribution in [3.8, 4) is 0 Å². The van der Waals surface area contributed by atoms with Crippen LogP contribution in [0.5, 0.6) is 0 Å². The van der Waals surface area contributed by atoms with Gasteiger partial charge in [-0.05, 0) is 42.7 Å². The number of fused-ring (bicyclic) bond motifs is 1. The minimum Gasteiger partial charge on any atom is -0.355 e. The molecule has 0 bridgehead atoms. The summed E-state index contributed by atoms with van der Waals surface area (Å²) in [6.07, 6.45) is 2.46. The van der Waals surface area contributed by atoms with Gasteiger partial charge in [-0.15, -0.1) is 0 Å². The second-order valence-corrected chi connectivity index (χ2v) is 7.11. The van der Waals surface area contributed by atoms with E-state index in [1.165, 1.54) is 23.1 Å². The minimum atomic E-state index is -0.0493. The Morgan fingerprint density at radius 3 is 2.62 bits per heavy atom. The second kappa shape index (κ2) is 6.24. The van der Waals surface area contributed by atoms with Crippen molar-refractivity contribution in [2.75, 3.05) is 11.9 Å². The van der Waals surface area contributed by atoms with E-state index >= 15 is 0 Å². The molecule has 5 heteroatoms. The van der Waals surface area contributed by atoms with Crippen LogP contribution in [0.4, 0.5) is 5.13 Å². The lowest BCUT2D eigenvalue weighted by Crippen LogP contribution is -2.25. The minimum absolute atomic E-state index is 0.0493. The number of carbonyl (C=O) groups excluding carboxylic acids is 1. The van der Waals surface area contributed by atoms with Crippen LogP contribution >= 0.6 is 11.3 Å². The number of rotatable bonds is 5. The average molecular weight is 337 g/mol. The molecular weight excluding hydrogens is 318 g/mol. The van der Waals surface area contributed by atoms with Crippen LogP contribution in [0.25, 0.3) is 10.2 Å².